The van der Waals surface area contributed by atoms with Crippen molar-refractivity contribution in [3.63, 3.8) is 0 Å². The number of H-pyrrole nitrogens is 1. The molecule has 6 heteroatoms. The lowest BCUT2D eigenvalue weighted by Gasteiger charge is -2.17. The highest BCUT2D eigenvalue weighted by Crippen LogP contribution is 2.17. The number of rotatable bonds is 4. The van der Waals surface area contributed by atoms with Gasteiger partial charge in [0.2, 0.25) is 0 Å². The Hall–Kier alpha value is -2.37. The Morgan fingerprint density at radius 1 is 1.30 bits per heavy atom. The molecular weight excluding hydrogens is 263 g/mol. The fraction of sp³-hybridized carbons (Fsp3) is 0.286. The molecule has 0 aliphatic carbocycles. The summed E-state index contributed by atoms with van der Waals surface area (Å²) >= 11 is 0. The van der Waals surface area contributed by atoms with Gasteiger partial charge in [-0.05, 0) is 38.1 Å². The highest BCUT2D eigenvalue weighted by atomic mass is 19.1. The summed E-state index contributed by atoms with van der Waals surface area (Å²) in [5.74, 6) is -2.46. The number of fused-ring (bicyclic) bond motifs is 1. The maximum Gasteiger partial charge on any atom is 0.308 e. The maximum atomic E-state index is 13.1. The van der Waals surface area contributed by atoms with Crippen molar-refractivity contribution in [3.8, 4) is 0 Å². The molecule has 0 spiro atoms. The summed E-state index contributed by atoms with van der Waals surface area (Å²) in [6, 6.07) is 5.20. The van der Waals surface area contributed by atoms with E-state index >= 15 is 0 Å². The standard InChI is InChI=1S/C14H15FN2O3/c1-7(14(19)20)8(2)16-13(18)12-6-9-5-10(15)3-4-11(9)17-12/h3-8,17H,1-2H3,(H,16,18)(H,19,20). The highest BCUT2D eigenvalue weighted by Gasteiger charge is 2.22. The van der Waals surface area contributed by atoms with Crippen LogP contribution in [0.2, 0.25) is 0 Å². The number of carboxylic acids is 1. The van der Waals surface area contributed by atoms with Gasteiger partial charge in [-0.1, -0.05) is 0 Å². The Morgan fingerprint density at radius 3 is 2.65 bits per heavy atom. The quantitative estimate of drug-likeness (QED) is 0.801. The summed E-state index contributed by atoms with van der Waals surface area (Å²) in [4.78, 5) is 25.7. The molecule has 1 heterocycles. The number of carbonyl (C=O) groups excluding carboxylic acids is 1. The van der Waals surface area contributed by atoms with Gasteiger partial charge in [-0.2, -0.15) is 0 Å². The molecular formula is C14H15FN2O3. The summed E-state index contributed by atoms with van der Waals surface area (Å²) in [5.41, 5.74) is 0.922. The molecule has 0 saturated carbocycles. The van der Waals surface area contributed by atoms with Crippen LogP contribution in [-0.2, 0) is 4.79 Å². The largest absolute Gasteiger partial charge is 0.481 e. The lowest BCUT2D eigenvalue weighted by atomic mass is 10.0. The van der Waals surface area contributed by atoms with E-state index in [-0.39, 0.29) is 11.5 Å². The molecule has 0 aliphatic heterocycles. The lowest BCUT2D eigenvalue weighted by molar-refractivity contribution is -0.141. The Labute approximate surface area is 114 Å². The Balaban J connectivity index is 2.17. The van der Waals surface area contributed by atoms with Crippen LogP contribution in [0, 0.1) is 11.7 Å². The molecule has 0 fully saturated rings. The summed E-state index contributed by atoms with van der Waals surface area (Å²) in [6.07, 6.45) is 0. The maximum absolute atomic E-state index is 13.1. The van der Waals surface area contributed by atoms with Crippen LogP contribution in [0.3, 0.4) is 0 Å². The third-order valence-corrected chi connectivity index (χ3v) is 3.33. The van der Waals surface area contributed by atoms with Crippen molar-refractivity contribution < 1.29 is 19.1 Å². The van der Waals surface area contributed by atoms with Gasteiger partial charge >= 0.3 is 5.97 Å². The zero-order valence-electron chi connectivity index (χ0n) is 11.1. The van der Waals surface area contributed by atoms with Gasteiger partial charge < -0.3 is 15.4 Å². The first kappa shape index (κ1) is 14.0. The number of nitrogens with one attached hydrogen (secondary N) is 2. The van der Waals surface area contributed by atoms with Crippen molar-refractivity contribution in [1.29, 1.82) is 0 Å². The number of halogens is 1. The Bertz CT molecular complexity index is 665. The zero-order chi connectivity index (χ0) is 14.9. The van der Waals surface area contributed by atoms with E-state index in [2.05, 4.69) is 10.3 Å². The first-order valence-corrected chi connectivity index (χ1v) is 6.20. The second kappa shape index (κ2) is 5.32. The second-order valence-electron chi connectivity index (χ2n) is 4.80. The number of amides is 1. The molecule has 1 amide bonds. The third kappa shape index (κ3) is 2.79. The van der Waals surface area contributed by atoms with Crippen LogP contribution >= 0.6 is 0 Å². The van der Waals surface area contributed by atoms with Gasteiger partial charge in [0.1, 0.15) is 11.5 Å². The van der Waals surface area contributed by atoms with E-state index < -0.39 is 23.8 Å². The minimum Gasteiger partial charge on any atom is -0.481 e. The van der Waals surface area contributed by atoms with E-state index in [4.69, 9.17) is 5.11 Å². The Kier molecular flexibility index (Phi) is 3.74. The van der Waals surface area contributed by atoms with Crippen LogP contribution in [0.1, 0.15) is 24.3 Å². The molecule has 2 atom stereocenters. The van der Waals surface area contributed by atoms with Crippen molar-refractivity contribution in [1.82, 2.24) is 10.3 Å². The van der Waals surface area contributed by atoms with E-state index in [1.54, 1.807) is 13.0 Å². The number of benzene rings is 1. The number of aromatic nitrogens is 1. The van der Waals surface area contributed by atoms with Gasteiger partial charge in [0.15, 0.2) is 0 Å². The molecule has 106 valence electrons. The highest BCUT2D eigenvalue weighted by molar-refractivity contribution is 5.98. The van der Waals surface area contributed by atoms with E-state index in [9.17, 15) is 14.0 Å². The molecule has 0 bridgehead atoms. The predicted molar refractivity (Wildman–Crippen MR) is 72.0 cm³/mol. The molecule has 20 heavy (non-hydrogen) atoms. The lowest BCUT2D eigenvalue weighted by Crippen LogP contribution is -2.40. The molecule has 3 N–H and O–H groups in total. The van der Waals surface area contributed by atoms with Gasteiger partial charge in [0.25, 0.3) is 5.91 Å². The van der Waals surface area contributed by atoms with Gasteiger partial charge in [-0.15, -0.1) is 0 Å². The number of aromatic amines is 1. The van der Waals surface area contributed by atoms with Gasteiger partial charge in [0, 0.05) is 16.9 Å². The molecule has 0 radical (unpaired) electrons. The number of carbonyl (C=O) groups is 2. The first-order valence-electron chi connectivity index (χ1n) is 6.20. The molecule has 1 aromatic carbocycles. The molecule has 5 nitrogen and oxygen atoms in total. The summed E-state index contributed by atoms with van der Waals surface area (Å²) in [5, 5.41) is 12.1. The fourth-order valence-corrected chi connectivity index (χ4v) is 1.85. The zero-order valence-corrected chi connectivity index (χ0v) is 11.1. The number of hydrogen-bond acceptors (Lipinski definition) is 2. The van der Waals surface area contributed by atoms with Crippen molar-refractivity contribution in [2.45, 2.75) is 19.9 Å². The number of hydrogen-bond donors (Lipinski definition) is 3. The SMILES string of the molecule is CC(NC(=O)c1cc2cc(F)ccc2[nH]1)C(C)C(=O)O. The molecule has 2 aromatic rings. The summed E-state index contributed by atoms with van der Waals surface area (Å²) in [6.45, 7) is 3.15. The minimum atomic E-state index is -0.975. The van der Waals surface area contributed by atoms with E-state index in [0.717, 1.165) is 0 Å². The smallest absolute Gasteiger partial charge is 0.308 e. The minimum absolute atomic E-state index is 0.273. The van der Waals surface area contributed by atoms with Crippen molar-refractivity contribution in [3.05, 3.63) is 35.8 Å². The van der Waals surface area contributed by atoms with Crippen LogP contribution in [0.4, 0.5) is 4.39 Å². The van der Waals surface area contributed by atoms with E-state index in [0.29, 0.717) is 10.9 Å². The van der Waals surface area contributed by atoms with Crippen LogP contribution in [-0.4, -0.2) is 28.0 Å². The first-order chi connectivity index (χ1) is 9.38. The molecule has 1 aromatic heterocycles. The molecule has 0 saturated heterocycles. The van der Waals surface area contributed by atoms with Crippen LogP contribution in [0.5, 0.6) is 0 Å². The third-order valence-electron chi connectivity index (χ3n) is 3.33. The average molecular weight is 278 g/mol. The monoisotopic (exact) mass is 278 g/mol. The average Bonchev–Trinajstić information content (AvgIpc) is 2.80. The molecule has 2 unspecified atom stereocenters. The van der Waals surface area contributed by atoms with Crippen molar-refractivity contribution in [2.24, 2.45) is 5.92 Å². The van der Waals surface area contributed by atoms with Crippen LogP contribution in [0.25, 0.3) is 10.9 Å². The fourth-order valence-electron chi connectivity index (χ4n) is 1.85. The van der Waals surface area contributed by atoms with Crippen LogP contribution in [0.15, 0.2) is 24.3 Å². The van der Waals surface area contributed by atoms with Gasteiger partial charge in [0.05, 0.1) is 5.92 Å². The van der Waals surface area contributed by atoms with Crippen LogP contribution < -0.4 is 5.32 Å². The number of carboxylic acid groups (broad SMARTS) is 1. The summed E-state index contributed by atoms with van der Waals surface area (Å²) < 4.78 is 13.1. The predicted octanol–water partition coefficient (Wildman–Crippen LogP) is 2.15. The molecule has 0 aliphatic rings. The normalized spacial score (nSPS) is 13.9. The second-order valence-corrected chi connectivity index (χ2v) is 4.80. The topological polar surface area (TPSA) is 82.2 Å². The van der Waals surface area contributed by atoms with Gasteiger partial charge in [-0.3, -0.25) is 9.59 Å². The molecule has 2 rings (SSSR count). The van der Waals surface area contributed by atoms with Crippen molar-refractivity contribution >= 4 is 22.8 Å². The number of aliphatic carboxylic acids is 1. The Morgan fingerprint density at radius 2 is 2.00 bits per heavy atom. The van der Waals surface area contributed by atoms with E-state index in [1.165, 1.54) is 25.1 Å². The summed E-state index contributed by atoms with van der Waals surface area (Å²) in [7, 11) is 0. The van der Waals surface area contributed by atoms with Gasteiger partial charge in [-0.25, -0.2) is 4.39 Å². The van der Waals surface area contributed by atoms with Crippen molar-refractivity contribution in [2.75, 3.05) is 0 Å². The van der Waals surface area contributed by atoms with E-state index in [1.807, 2.05) is 0 Å².